The highest BCUT2D eigenvalue weighted by Gasteiger charge is 2.48. The van der Waals surface area contributed by atoms with Gasteiger partial charge in [-0.1, -0.05) is 48.5 Å². The molecule has 1 fully saturated rings. The van der Waals surface area contributed by atoms with Crippen LogP contribution in [0, 0.1) is 0 Å². The van der Waals surface area contributed by atoms with E-state index in [2.05, 4.69) is 24.3 Å². The van der Waals surface area contributed by atoms with Crippen molar-refractivity contribution in [1.29, 1.82) is 0 Å². The number of hydrogen-bond donors (Lipinski definition) is 1. The number of benzene rings is 2. The van der Waals surface area contributed by atoms with Crippen molar-refractivity contribution in [1.82, 2.24) is 4.90 Å². The number of methoxy groups -OCH3 is 1. The number of fused-ring (bicyclic) bond motifs is 3. The minimum absolute atomic E-state index is 0.0355. The molecule has 0 aliphatic heterocycles. The SMILES string of the molecule is COC1CCC(C(=O)O)(N(C)C(=O)OCC2c3ccccc3-c3ccccc32)CC1. The molecule has 0 bridgehead atoms. The number of carboxylic acid groups (broad SMARTS) is 1. The summed E-state index contributed by atoms with van der Waals surface area (Å²) in [5.41, 5.74) is 3.31. The first-order valence-electron chi connectivity index (χ1n) is 10.3. The second kappa shape index (κ2) is 8.11. The molecular weight excluding hydrogens is 382 g/mol. The zero-order valence-electron chi connectivity index (χ0n) is 17.3. The quantitative estimate of drug-likeness (QED) is 0.798. The maximum absolute atomic E-state index is 12.9. The summed E-state index contributed by atoms with van der Waals surface area (Å²) in [6, 6.07) is 16.3. The Morgan fingerprint density at radius 2 is 1.57 bits per heavy atom. The van der Waals surface area contributed by atoms with Crippen molar-refractivity contribution < 1.29 is 24.2 Å². The first kappa shape index (κ1) is 20.4. The lowest BCUT2D eigenvalue weighted by Gasteiger charge is -2.42. The number of amides is 1. The van der Waals surface area contributed by atoms with Crippen molar-refractivity contribution in [3.63, 3.8) is 0 Å². The van der Waals surface area contributed by atoms with Gasteiger partial charge in [-0.15, -0.1) is 0 Å². The second-order valence-corrected chi connectivity index (χ2v) is 8.13. The number of carbonyl (C=O) groups excluding carboxylic acids is 1. The molecule has 0 atom stereocenters. The average Bonchev–Trinajstić information content (AvgIpc) is 3.10. The van der Waals surface area contributed by atoms with Gasteiger partial charge in [0.25, 0.3) is 0 Å². The van der Waals surface area contributed by atoms with E-state index in [1.165, 1.54) is 11.9 Å². The van der Waals surface area contributed by atoms with Gasteiger partial charge < -0.3 is 14.6 Å². The molecular formula is C24H27NO5. The highest BCUT2D eigenvalue weighted by Crippen LogP contribution is 2.44. The third-order valence-corrected chi connectivity index (χ3v) is 6.74. The molecule has 1 amide bonds. The van der Waals surface area contributed by atoms with Gasteiger partial charge in [-0.3, -0.25) is 4.90 Å². The van der Waals surface area contributed by atoms with Crippen molar-refractivity contribution in [3.05, 3.63) is 59.7 Å². The lowest BCUT2D eigenvalue weighted by Crippen LogP contribution is -2.57. The molecule has 2 aliphatic carbocycles. The van der Waals surface area contributed by atoms with Crippen molar-refractivity contribution in [2.75, 3.05) is 20.8 Å². The Morgan fingerprint density at radius 3 is 2.07 bits per heavy atom. The second-order valence-electron chi connectivity index (χ2n) is 8.13. The molecule has 1 saturated carbocycles. The minimum atomic E-state index is -1.25. The molecule has 0 unspecified atom stereocenters. The van der Waals surface area contributed by atoms with Gasteiger partial charge in [0.2, 0.25) is 0 Å². The van der Waals surface area contributed by atoms with Crippen LogP contribution in [-0.2, 0) is 14.3 Å². The van der Waals surface area contributed by atoms with Crippen molar-refractivity contribution in [2.24, 2.45) is 0 Å². The number of rotatable bonds is 5. The molecule has 2 aromatic carbocycles. The number of hydrogen-bond acceptors (Lipinski definition) is 4. The third-order valence-electron chi connectivity index (χ3n) is 6.74. The molecule has 1 N–H and O–H groups in total. The van der Waals surface area contributed by atoms with Crippen LogP contribution in [0.15, 0.2) is 48.5 Å². The van der Waals surface area contributed by atoms with E-state index in [4.69, 9.17) is 9.47 Å². The highest BCUT2D eigenvalue weighted by atomic mass is 16.6. The fourth-order valence-electron chi connectivity index (χ4n) is 4.86. The van der Waals surface area contributed by atoms with Crippen LogP contribution >= 0.6 is 0 Å². The molecule has 6 heteroatoms. The van der Waals surface area contributed by atoms with E-state index in [-0.39, 0.29) is 18.6 Å². The number of likely N-dealkylation sites (N-methyl/N-ethyl adjacent to an activating group) is 1. The van der Waals surface area contributed by atoms with Gasteiger partial charge in [-0.2, -0.15) is 0 Å². The highest BCUT2D eigenvalue weighted by molar-refractivity contribution is 5.84. The van der Waals surface area contributed by atoms with Gasteiger partial charge in [0.15, 0.2) is 0 Å². The first-order chi connectivity index (χ1) is 14.5. The van der Waals surface area contributed by atoms with Crippen LogP contribution in [0.3, 0.4) is 0 Å². The largest absolute Gasteiger partial charge is 0.479 e. The predicted octanol–water partition coefficient (Wildman–Crippen LogP) is 4.28. The Morgan fingerprint density at radius 1 is 1.03 bits per heavy atom. The van der Waals surface area contributed by atoms with Crippen molar-refractivity contribution in [3.8, 4) is 11.1 Å². The summed E-state index contributed by atoms with van der Waals surface area (Å²) < 4.78 is 11.0. The van der Waals surface area contributed by atoms with E-state index < -0.39 is 17.6 Å². The molecule has 4 rings (SSSR count). The minimum Gasteiger partial charge on any atom is -0.479 e. The zero-order chi connectivity index (χ0) is 21.3. The smallest absolute Gasteiger partial charge is 0.410 e. The van der Waals surface area contributed by atoms with Crippen LogP contribution in [0.5, 0.6) is 0 Å². The Hall–Kier alpha value is -2.86. The fourth-order valence-corrected chi connectivity index (χ4v) is 4.86. The van der Waals surface area contributed by atoms with E-state index in [1.807, 2.05) is 24.3 Å². The van der Waals surface area contributed by atoms with E-state index in [9.17, 15) is 14.7 Å². The Kier molecular flexibility index (Phi) is 5.52. The summed E-state index contributed by atoms with van der Waals surface area (Å²) in [5.74, 6) is -1.05. The van der Waals surface area contributed by atoms with Gasteiger partial charge in [0.1, 0.15) is 12.1 Å². The summed E-state index contributed by atoms with van der Waals surface area (Å²) in [5, 5.41) is 9.92. The molecule has 0 aromatic heterocycles. The van der Waals surface area contributed by atoms with Gasteiger partial charge in [-0.05, 0) is 47.9 Å². The normalized spacial score (nSPS) is 22.8. The lowest BCUT2D eigenvalue weighted by molar-refractivity contribution is -0.153. The maximum Gasteiger partial charge on any atom is 0.410 e. The lowest BCUT2D eigenvalue weighted by atomic mass is 9.79. The van der Waals surface area contributed by atoms with Crippen molar-refractivity contribution >= 4 is 12.1 Å². The van der Waals surface area contributed by atoms with Crippen LogP contribution in [0.4, 0.5) is 4.79 Å². The van der Waals surface area contributed by atoms with E-state index in [0.29, 0.717) is 25.7 Å². The topological polar surface area (TPSA) is 76.1 Å². The first-order valence-corrected chi connectivity index (χ1v) is 10.3. The summed E-state index contributed by atoms with van der Waals surface area (Å²) >= 11 is 0. The van der Waals surface area contributed by atoms with Crippen LogP contribution in [0.2, 0.25) is 0 Å². The molecule has 0 radical (unpaired) electrons. The van der Waals surface area contributed by atoms with Crippen LogP contribution < -0.4 is 0 Å². The summed E-state index contributed by atoms with van der Waals surface area (Å²) in [6.45, 7) is 0.174. The van der Waals surface area contributed by atoms with E-state index in [0.717, 1.165) is 22.3 Å². The Balaban J connectivity index is 1.50. The monoisotopic (exact) mass is 409 g/mol. The standard InChI is InChI=1S/C24H27NO5/c1-25(24(22(26)27)13-11-16(29-2)12-14-24)23(28)30-15-21-19-9-5-3-7-17(19)18-8-4-6-10-20(18)21/h3-10,16,21H,11-15H2,1-2H3,(H,26,27). The van der Waals surface area contributed by atoms with E-state index in [1.54, 1.807) is 7.11 Å². The van der Waals surface area contributed by atoms with Gasteiger partial charge in [0.05, 0.1) is 6.10 Å². The van der Waals surface area contributed by atoms with Crippen LogP contribution in [0.25, 0.3) is 11.1 Å². The molecule has 0 saturated heterocycles. The molecule has 0 heterocycles. The number of carbonyl (C=O) groups is 2. The fraction of sp³-hybridized carbons (Fsp3) is 0.417. The zero-order valence-corrected chi connectivity index (χ0v) is 17.3. The van der Waals surface area contributed by atoms with Gasteiger partial charge in [-0.25, -0.2) is 9.59 Å². The van der Waals surface area contributed by atoms with Crippen LogP contribution in [0.1, 0.15) is 42.7 Å². The predicted molar refractivity (Wildman–Crippen MR) is 112 cm³/mol. The maximum atomic E-state index is 12.9. The Labute approximate surface area is 176 Å². The van der Waals surface area contributed by atoms with Gasteiger partial charge in [0, 0.05) is 20.1 Å². The van der Waals surface area contributed by atoms with E-state index >= 15 is 0 Å². The number of aliphatic carboxylic acids is 1. The molecule has 2 aromatic rings. The molecule has 30 heavy (non-hydrogen) atoms. The number of carboxylic acids is 1. The number of nitrogens with zero attached hydrogens (tertiary/aromatic N) is 1. The summed E-state index contributed by atoms with van der Waals surface area (Å²) in [6.07, 6.45) is 1.33. The summed E-state index contributed by atoms with van der Waals surface area (Å²) in [4.78, 5) is 26.3. The average molecular weight is 409 g/mol. The Bertz CT molecular complexity index is 903. The molecule has 6 nitrogen and oxygen atoms in total. The molecule has 2 aliphatic rings. The van der Waals surface area contributed by atoms with Crippen molar-refractivity contribution in [2.45, 2.75) is 43.2 Å². The molecule has 158 valence electrons. The third kappa shape index (κ3) is 3.35. The number of ether oxygens (including phenoxy) is 2. The molecule has 0 spiro atoms. The summed E-state index contributed by atoms with van der Waals surface area (Å²) in [7, 11) is 3.16. The van der Waals surface area contributed by atoms with Crippen LogP contribution in [-0.4, -0.2) is 54.5 Å². The van der Waals surface area contributed by atoms with Gasteiger partial charge >= 0.3 is 12.1 Å².